The Balaban J connectivity index is 3.07. The lowest BCUT2D eigenvalue weighted by Gasteiger charge is -2.13. The fourth-order valence-corrected chi connectivity index (χ4v) is 1.78. The van der Waals surface area contributed by atoms with E-state index >= 15 is 0 Å². The topological polar surface area (TPSA) is 81.5 Å². The van der Waals surface area contributed by atoms with Gasteiger partial charge in [0, 0.05) is 6.07 Å². The normalized spacial score (nSPS) is 11.2. The lowest BCUT2D eigenvalue weighted by Crippen LogP contribution is -2.33. The molecular formula is C14H16N2O4. The predicted molar refractivity (Wildman–Crippen MR) is 74.6 cm³/mol. The van der Waals surface area contributed by atoms with Crippen molar-refractivity contribution >= 4 is 11.6 Å². The minimum absolute atomic E-state index is 0.0673. The standard InChI is InChI=1S/C14H16N2O4/c1-4-7-10(5-2)15-14(17)11-8-6-9-12(16(18)19)13(11)20-3/h2,6,8-10H,4,7H2,1,3H3,(H,15,17). The van der Waals surface area contributed by atoms with Crippen LogP contribution in [-0.4, -0.2) is 24.0 Å². The van der Waals surface area contributed by atoms with Gasteiger partial charge in [-0.25, -0.2) is 0 Å². The summed E-state index contributed by atoms with van der Waals surface area (Å²) in [5.74, 6) is 1.92. The van der Waals surface area contributed by atoms with Gasteiger partial charge in [0.05, 0.1) is 23.6 Å². The average Bonchev–Trinajstić information content (AvgIpc) is 2.45. The fourth-order valence-electron chi connectivity index (χ4n) is 1.78. The van der Waals surface area contributed by atoms with Gasteiger partial charge in [-0.2, -0.15) is 0 Å². The zero-order valence-corrected chi connectivity index (χ0v) is 11.4. The van der Waals surface area contributed by atoms with Crippen LogP contribution in [0.15, 0.2) is 18.2 Å². The number of para-hydroxylation sites is 1. The van der Waals surface area contributed by atoms with Crippen molar-refractivity contribution in [2.45, 2.75) is 25.8 Å². The van der Waals surface area contributed by atoms with E-state index in [0.717, 1.165) is 6.42 Å². The number of nitrogens with zero attached hydrogens (tertiary/aromatic N) is 1. The van der Waals surface area contributed by atoms with Crippen molar-refractivity contribution in [1.29, 1.82) is 0 Å². The average molecular weight is 276 g/mol. The molecule has 1 rings (SSSR count). The zero-order valence-electron chi connectivity index (χ0n) is 11.4. The number of methoxy groups -OCH3 is 1. The summed E-state index contributed by atoms with van der Waals surface area (Å²) in [5, 5.41) is 13.5. The van der Waals surface area contributed by atoms with E-state index in [0.29, 0.717) is 6.42 Å². The molecule has 106 valence electrons. The molecule has 0 saturated carbocycles. The molecule has 1 N–H and O–H groups in total. The van der Waals surface area contributed by atoms with Crippen LogP contribution in [0.5, 0.6) is 5.75 Å². The number of rotatable bonds is 6. The summed E-state index contributed by atoms with van der Waals surface area (Å²) in [5.41, 5.74) is -0.161. The molecule has 6 heteroatoms. The molecule has 1 atom stereocenters. The molecule has 0 aliphatic rings. The van der Waals surface area contributed by atoms with E-state index in [2.05, 4.69) is 11.2 Å². The maximum absolute atomic E-state index is 12.1. The number of terminal acetylenes is 1. The van der Waals surface area contributed by atoms with E-state index in [1.807, 2.05) is 6.92 Å². The molecule has 1 aromatic carbocycles. The molecule has 20 heavy (non-hydrogen) atoms. The molecule has 0 aliphatic heterocycles. The Morgan fingerprint density at radius 1 is 1.60 bits per heavy atom. The quantitative estimate of drug-likeness (QED) is 0.490. The first-order valence-corrected chi connectivity index (χ1v) is 6.13. The summed E-state index contributed by atoms with van der Waals surface area (Å²) in [7, 11) is 1.28. The third kappa shape index (κ3) is 3.48. The van der Waals surface area contributed by atoms with Crippen molar-refractivity contribution < 1.29 is 14.5 Å². The van der Waals surface area contributed by atoms with Gasteiger partial charge in [0.25, 0.3) is 5.91 Å². The zero-order chi connectivity index (χ0) is 15.1. The van der Waals surface area contributed by atoms with Gasteiger partial charge in [-0.3, -0.25) is 14.9 Å². The van der Waals surface area contributed by atoms with Crippen LogP contribution in [0.1, 0.15) is 30.1 Å². The Morgan fingerprint density at radius 3 is 2.80 bits per heavy atom. The van der Waals surface area contributed by atoms with Crippen LogP contribution in [0, 0.1) is 22.5 Å². The van der Waals surface area contributed by atoms with E-state index in [9.17, 15) is 14.9 Å². The van der Waals surface area contributed by atoms with Crippen LogP contribution in [0.3, 0.4) is 0 Å². The molecule has 6 nitrogen and oxygen atoms in total. The van der Waals surface area contributed by atoms with Crippen LogP contribution in [0.2, 0.25) is 0 Å². The van der Waals surface area contributed by atoms with Crippen molar-refractivity contribution in [3.8, 4) is 18.1 Å². The van der Waals surface area contributed by atoms with E-state index in [4.69, 9.17) is 11.2 Å². The van der Waals surface area contributed by atoms with E-state index in [1.165, 1.54) is 25.3 Å². The molecule has 1 amide bonds. The van der Waals surface area contributed by atoms with Gasteiger partial charge in [0.2, 0.25) is 5.75 Å². The molecule has 1 aromatic rings. The number of nitrogens with one attached hydrogen (secondary N) is 1. The third-order valence-corrected chi connectivity index (χ3v) is 2.72. The minimum Gasteiger partial charge on any atom is -0.490 e. The van der Waals surface area contributed by atoms with Gasteiger partial charge in [-0.1, -0.05) is 25.3 Å². The monoisotopic (exact) mass is 276 g/mol. The Labute approximate surface area is 117 Å². The van der Waals surface area contributed by atoms with E-state index < -0.39 is 16.9 Å². The summed E-state index contributed by atoms with van der Waals surface area (Å²) in [6, 6.07) is 3.76. The summed E-state index contributed by atoms with van der Waals surface area (Å²) >= 11 is 0. The summed E-state index contributed by atoms with van der Waals surface area (Å²) in [6.45, 7) is 1.95. The van der Waals surface area contributed by atoms with Crippen molar-refractivity contribution in [1.82, 2.24) is 5.32 Å². The van der Waals surface area contributed by atoms with Gasteiger partial charge in [-0.05, 0) is 12.5 Å². The molecule has 0 aliphatic carbocycles. The Bertz CT molecular complexity index is 549. The molecule has 1 unspecified atom stereocenters. The summed E-state index contributed by atoms with van der Waals surface area (Å²) in [4.78, 5) is 22.4. The van der Waals surface area contributed by atoms with Crippen molar-refractivity contribution in [2.75, 3.05) is 7.11 Å². The molecule has 0 fully saturated rings. The fraction of sp³-hybridized carbons (Fsp3) is 0.357. The first kappa shape index (κ1) is 15.5. The maximum Gasteiger partial charge on any atom is 0.311 e. The van der Waals surface area contributed by atoms with E-state index in [1.54, 1.807) is 0 Å². The minimum atomic E-state index is -0.597. The van der Waals surface area contributed by atoms with Gasteiger partial charge in [0.15, 0.2) is 0 Å². The Kier molecular flexibility index (Phi) is 5.54. The van der Waals surface area contributed by atoms with Crippen LogP contribution in [0.4, 0.5) is 5.69 Å². The summed E-state index contributed by atoms with van der Waals surface area (Å²) < 4.78 is 4.98. The number of nitro groups is 1. The largest absolute Gasteiger partial charge is 0.490 e. The second-order valence-electron chi connectivity index (χ2n) is 4.10. The highest BCUT2D eigenvalue weighted by Crippen LogP contribution is 2.30. The number of carbonyl (C=O) groups excluding carboxylic acids is 1. The lowest BCUT2D eigenvalue weighted by atomic mass is 10.1. The first-order chi connectivity index (χ1) is 9.54. The number of hydrogen-bond acceptors (Lipinski definition) is 4. The summed E-state index contributed by atoms with van der Waals surface area (Å²) in [6.07, 6.45) is 6.79. The molecule has 0 aromatic heterocycles. The second kappa shape index (κ2) is 7.14. The van der Waals surface area contributed by atoms with E-state index in [-0.39, 0.29) is 17.0 Å². The SMILES string of the molecule is C#CC(CCC)NC(=O)c1cccc([N+](=O)[O-])c1OC. The number of nitro benzene ring substituents is 1. The van der Waals surface area contributed by atoms with Gasteiger partial charge in [0.1, 0.15) is 0 Å². The third-order valence-electron chi connectivity index (χ3n) is 2.72. The first-order valence-electron chi connectivity index (χ1n) is 6.13. The molecule has 0 saturated heterocycles. The number of carbonyl (C=O) groups is 1. The van der Waals surface area contributed by atoms with Crippen LogP contribution in [0.25, 0.3) is 0 Å². The van der Waals surface area contributed by atoms with Crippen molar-refractivity contribution in [2.24, 2.45) is 0 Å². The van der Waals surface area contributed by atoms with Crippen LogP contribution >= 0.6 is 0 Å². The number of amides is 1. The van der Waals surface area contributed by atoms with Crippen molar-refractivity contribution in [3.05, 3.63) is 33.9 Å². The highest BCUT2D eigenvalue weighted by Gasteiger charge is 2.23. The van der Waals surface area contributed by atoms with Gasteiger partial charge in [-0.15, -0.1) is 6.42 Å². The highest BCUT2D eigenvalue weighted by molar-refractivity contribution is 5.98. The molecule has 0 bridgehead atoms. The second-order valence-corrected chi connectivity index (χ2v) is 4.10. The molecule has 0 spiro atoms. The molecule has 0 radical (unpaired) electrons. The highest BCUT2D eigenvalue weighted by atomic mass is 16.6. The molecular weight excluding hydrogens is 260 g/mol. The number of benzene rings is 1. The van der Waals surface area contributed by atoms with Gasteiger partial charge >= 0.3 is 5.69 Å². The van der Waals surface area contributed by atoms with Crippen LogP contribution in [-0.2, 0) is 0 Å². The Hall–Kier alpha value is -2.55. The van der Waals surface area contributed by atoms with Gasteiger partial charge < -0.3 is 10.1 Å². The number of hydrogen-bond donors (Lipinski definition) is 1. The Morgan fingerprint density at radius 2 is 2.30 bits per heavy atom. The smallest absolute Gasteiger partial charge is 0.311 e. The van der Waals surface area contributed by atoms with Crippen molar-refractivity contribution in [3.63, 3.8) is 0 Å². The van der Waals surface area contributed by atoms with Crippen LogP contribution < -0.4 is 10.1 Å². The lowest BCUT2D eigenvalue weighted by molar-refractivity contribution is -0.385. The number of ether oxygens (including phenoxy) is 1. The predicted octanol–water partition coefficient (Wildman–Crippen LogP) is 2.14. The molecule has 0 heterocycles. The maximum atomic E-state index is 12.1.